The van der Waals surface area contributed by atoms with E-state index in [-0.39, 0.29) is 6.03 Å². The van der Waals surface area contributed by atoms with Crippen molar-refractivity contribution in [3.63, 3.8) is 0 Å². The molecular weight excluding hydrogens is 386 g/mol. The van der Waals surface area contributed by atoms with Gasteiger partial charge in [-0.3, -0.25) is 0 Å². The first-order chi connectivity index (χ1) is 14.6. The molecule has 30 heavy (non-hydrogen) atoms. The minimum absolute atomic E-state index is 0.165. The minimum atomic E-state index is -0.165. The number of urea groups is 1. The van der Waals surface area contributed by atoms with Crippen molar-refractivity contribution in [3.05, 3.63) is 36.4 Å². The Balaban J connectivity index is 1.65. The fourth-order valence-electron chi connectivity index (χ4n) is 3.50. The van der Waals surface area contributed by atoms with Crippen molar-refractivity contribution >= 4 is 17.4 Å². The van der Waals surface area contributed by atoms with Gasteiger partial charge in [-0.25, -0.2) is 4.79 Å². The summed E-state index contributed by atoms with van der Waals surface area (Å²) in [4.78, 5) is 16.8. The summed E-state index contributed by atoms with van der Waals surface area (Å²) in [7, 11) is 4.63. The number of carbonyl (C=O) groups is 1. The third kappa shape index (κ3) is 4.64. The molecule has 0 aromatic heterocycles. The number of ether oxygens (including phenoxy) is 4. The second-order valence-electron chi connectivity index (χ2n) is 6.72. The van der Waals surface area contributed by atoms with Gasteiger partial charge in [-0.15, -0.1) is 0 Å². The number of amides is 2. The van der Waals surface area contributed by atoms with Crippen LogP contribution in [-0.4, -0.2) is 65.0 Å². The molecule has 8 nitrogen and oxygen atoms in total. The summed E-state index contributed by atoms with van der Waals surface area (Å²) < 4.78 is 21.8. The second-order valence-corrected chi connectivity index (χ2v) is 6.72. The van der Waals surface area contributed by atoms with Crippen molar-refractivity contribution in [3.8, 4) is 23.0 Å². The first kappa shape index (κ1) is 21.4. The fraction of sp³-hybridized carbons (Fsp3) is 0.409. The fourth-order valence-corrected chi connectivity index (χ4v) is 3.50. The molecule has 0 saturated carbocycles. The number of methoxy groups -OCH3 is 3. The lowest BCUT2D eigenvalue weighted by Crippen LogP contribution is -2.50. The van der Waals surface area contributed by atoms with Gasteiger partial charge in [0.15, 0.2) is 11.5 Å². The number of hydrogen-bond donors (Lipinski definition) is 1. The highest BCUT2D eigenvalue weighted by atomic mass is 16.5. The van der Waals surface area contributed by atoms with E-state index in [2.05, 4.69) is 16.3 Å². The van der Waals surface area contributed by atoms with Gasteiger partial charge in [-0.1, -0.05) is 12.1 Å². The van der Waals surface area contributed by atoms with Gasteiger partial charge in [0.1, 0.15) is 5.75 Å². The van der Waals surface area contributed by atoms with E-state index in [1.54, 1.807) is 38.4 Å². The number of benzene rings is 2. The molecule has 1 aliphatic heterocycles. The average Bonchev–Trinajstić information content (AvgIpc) is 2.79. The highest BCUT2D eigenvalue weighted by molar-refractivity contribution is 5.90. The van der Waals surface area contributed by atoms with Crippen molar-refractivity contribution in [2.75, 3.05) is 64.3 Å². The van der Waals surface area contributed by atoms with Crippen molar-refractivity contribution in [1.29, 1.82) is 0 Å². The van der Waals surface area contributed by atoms with Crippen LogP contribution < -0.4 is 29.2 Å². The second kappa shape index (κ2) is 9.96. The van der Waals surface area contributed by atoms with Crippen LogP contribution in [0, 0.1) is 0 Å². The normalized spacial score (nSPS) is 13.6. The summed E-state index contributed by atoms with van der Waals surface area (Å²) in [5, 5.41) is 2.93. The molecule has 8 heteroatoms. The third-order valence-corrected chi connectivity index (χ3v) is 4.99. The standard InChI is InChI=1S/C22H29N3O5/c1-5-30-18-9-7-6-8-17(18)24-10-12-25(13-11-24)22(26)23-16-14-19(27-2)21(29-4)20(15-16)28-3/h6-9,14-15H,5,10-13H2,1-4H3,(H,23,26). The van der Waals surface area contributed by atoms with Gasteiger partial charge in [0.05, 0.1) is 39.3 Å². The minimum Gasteiger partial charge on any atom is -0.493 e. The molecule has 0 radical (unpaired) electrons. The van der Waals surface area contributed by atoms with Crippen LogP contribution in [0.2, 0.25) is 0 Å². The molecule has 1 heterocycles. The topological polar surface area (TPSA) is 72.5 Å². The highest BCUT2D eigenvalue weighted by Gasteiger charge is 2.24. The lowest BCUT2D eigenvalue weighted by molar-refractivity contribution is 0.208. The van der Waals surface area contributed by atoms with Crippen molar-refractivity contribution in [2.24, 2.45) is 0 Å². The number of carbonyl (C=O) groups excluding carboxylic acids is 1. The molecule has 0 aliphatic carbocycles. The number of hydrogen-bond acceptors (Lipinski definition) is 6. The Bertz CT molecular complexity index is 841. The first-order valence-corrected chi connectivity index (χ1v) is 9.94. The van der Waals surface area contributed by atoms with Crippen molar-refractivity contribution < 1.29 is 23.7 Å². The summed E-state index contributed by atoms with van der Waals surface area (Å²) in [6, 6.07) is 11.3. The molecule has 1 N–H and O–H groups in total. The Morgan fingerprint density at radius 3 is 2.13 bits per heavy atom. The predicted molar refractivity (Wildman–Crippen MR) is 117 cm³/mol. The summed E-state index contributed by atoms with van der Waals surface area (Å²) in [6.45, 7) is 5.27. The molecule has 2 aromatic carbocycles. The Kier molecular flexibility index (Phi) is 7.11. The molecule has 0 atom stereocenters. The Morgan fingerprint density at radius 2 is 1.57 bits per heavy atom. The van der Waals surface area contributed by atoms with Gasteiger partial charge in [-0.2, -0.15) is 0 Å². The SMILES string of the molecule is CCOc1ccccc1N1CCN(C(=O)Nc2cc(OC)c(OC)c(OC)c2)CC1. The monoisotopic (exact) mass is 415 g/mol. The van der Waals surface area contributed by atoms with Crippen LogP contribution in [0.4, 0.5) is 16.2 Å². The van der Waals surface area contributed by atoms with Crippen LogP contribution in [0.5, 0.6) is 23.0 Å². The zero-order valence-corrected chi connectivity index (χ0v) is 17.9. The largest absolute Gasteiger partial charge is 0.493 e. The van der Waals surface area contributed by atoms with E-state index < -0.39 is 0 Å². The first-order valence-electron chi connectivity index (χ1n) is 9.94. The van der Waals surface area contributed by atoms with Crippen LogP contribution in [0.15, 0.2) is 36.4 Å². The molecular formula is C22H29N3O5. The quantitative estimate of drug-likeness (QED) is 0.747. The van der Waals surface area contributed by atoms with Gasteiger partial charge >= 0.3 is 6.03 Å². The molecule has 0 bridgehead atoms. The molecule has 1 aliphatic rings. The third-order valence-electron chi connectivity index (χ3n) is 4.99. The number of piperazine rings is 1. The number of nitrogens with one attached hydrogen (secondary N) is 1. The van der Waals surface area contributed by atoms with Crippen LogP contribution in [0.3, 0.4) is 0 Å². The maximum Gasteiger partial charge on any atom is 0.321 e. The van der Waals surface area contributed by atoms with E-state index >= 15 is 0 Å². The van der Waals surface area contributed by atoms with Crippen LogP contribution >= 0.6 is 0 Å². The van der Waals surface area contributed by atoms with E-state index in [4.69, 9.17) is 18.9 Å². The van der Waals surface area contributed by atoms with E-state index in [9.17, 15) is 4.79 Å². The number of para-hydroxylation sites is 2. The van der Waals surface area contributed by atoms with E-state index in [1.165, 1.54) is 0 Å². The molecule has 3 rings (SSSR count). The Hall–Kier alpha value is -3.29. The van der Waals surface area contributed by atoms with Gasteiger partial charge in [-0.05, 0) is 19.1 Å². The smallest absolute Gasteiger partial charge is 0.321 e. The predicted octanol–water partition coefficient (Wildman–Crippen LogP) is 3.47. The van der Waals surface area contributed by atoms with Crippen LogP contribution in [0.1, 0.15) is 6.92 Å². The van der Waals surface area contributed by atoms with Crippen LogP contribution in [-0.2, 0) is 0 Å². The summed E-state index contributed by atoms with van der Waals surface area (Å²) in [5.41, 5.74) is 1.64. The van der Waals surface area contributed by atoms with Gasteiger partial charge < -0.3 is 34.1 Å². The Morgan fingerprint density at radius 1 is 0.933 bits per heavy atom. The molecule has 0 unspecified atom stereocenters. The molecule has 162 valence electrons. The lowest BCUT2D eigenvalue weighted by Gasteiger charge is -2.36. The summed E-state index contributed by atoms with van der Waals surface area (Å²) in [6.07, 6.45) is 0. The number of rotatable bonds is 7. The highest BCUT2D eigenvalue weighted by Crippen LogP contribution is 2.40. The molecule has 0 spiro atoms. The van der Waals surface area contributed by atoms with Gasteiger partial charge in [0, 0.05) is 38.3 Å². The van der Waals surface area contributed by atoms with Gasteiger partial charge in [0.25, 0.3) is 0 Å². The lowest BCUT2D eigenvalue weighted by atomic mass is 10.2. The summed E-state index contributed by atoms with van der Waals surface area (Å²) >= 11 is 0. The zero-order chi connectivity index (χ0) is 21.5. The molecule has 2 amide bonds. The molecule has 1 fully saturated rings. The summed E-state index contributed by atoms with van der Waals surface area (Å²) in [5.74, 6) is 2.34. The number of nitrogens with zero attached hydrogens (tertiary/aromatic N) is 2. The van der Waals surface area contributed by atoms with E-state index in [1.807, 2.05) is 25.1 Å². The molecule has 2 aromatic rings. The van der Waals surface area contributed by atoms with Crippen molar-refractivity contribution in [1.82, 2.24) is 4.90 Å². The maximum atomic E-state index is 12.8. The molecule has 1 saturated heterocycles. The zero-order valence-electron chi connectivity index (χ0n) is 17.9. The van der Waals surface area contributed by atoms with Gasteiger partial charge in [0.2, 0.25) is 5.75 Å². The van der Waals surface area contributed by atoms with E-state index in [0.717, 1.165) is 24.5 Å². The number of anilines is 2. The maximum absolute atomic E-state index is 12.8. The van der Waals surface area contributed by atoms with Crippen LogP contribution in [0.25, 0.3) is 0 Å². The Labute approximate surface area is 177 Å². The van der Waals surface area contributed by atoms with Crippen molar-refractivity contribution in [2.45, 2.75) is 6.92 Å². The average molecular weight is 415 g/mol. The van der Waals surface area contributed by atoms with E-state index in [0.29, 0.717) is 42.6 Å².